The van der Waals surface area contributed by atoms with Crippen LogP contribution in [0.3, 0.4) is 0 Å². The molecule has 0 bridgehead atoms. The number of hydrogen-bond donors (Lipinski definition) is 2. The molecule has 0 aliphatic carbocycles. The molecule has 114 valence electrons. The van der Waals surface area contributed by atoms with Crippen LogP contribution in [0.5, 0.6) is 0 Å². The summed E-state index contributed by atoms with van der Waals surface area (Å²) in [4.78, 5) is 0.303. The molecule has 0 radical (unpaired) electrons. The van der Waals surface area contributed by atoms with Gasteiger partial charge in [0, 0.05) is 31.9 Å². The van der Waals surface area contributed by atoms with Gasteiger partial charge in [-0.2, -0.15) is 5.10 Å². The van der Waals surface area contributed by atoms with Gasteiger partial charge in [-0.25, -0.2) is 13.1 Å². The van der Waals surface area contributed by atoms with Gasteiger partial charge in [-0.3, -0.25) is 4.68 Å². The van der Waals surface area contributed by atoms with Gasteiger partial charge in [-0.15, -0.1) is 0 Å². The van der Waals surface area contributed by atoms with E-state index in [0.717, 1.165) is 16.7 Å². The molecule has 7 heteroatoms. The molecule has 0 saturated carbocycles. The maximum atomic E-state index is 12.5. The van der Waals surface area contributed by atoms with Crippen molar-refractivity contribution in [2.45, 2.75) is 31.3 Å². The molecule has 1 heterocycles. The van der Waals surface area contributed by atoms with Crippen LogP contribution in [-0.2, 0) is 36.6 Å². The van der Waals surface area contributed by atoms with E-state index in [4.69, 9.17) is 5.73 Å². The van der Waals surface area contributed by atoms with E-state index < -0.39 is 10.0 Å². The monoisotopic (exact) mass is 308 g/mol. The number of nitrogens with one attached hydrogen (secondary N) is 1. The summed E-state index contributed by atoms with van der Waals surface area (Å²) in [5.41, 5.74) is 7.99. The van der Waals surface area contributed by atoms with Gasteiger partial charge in [-0.05, 0) is 23.6 Å². The quantitative estimate of drug-likeness (QED) is 0.830. The highest BCUT2D eigenvalue weighted by molar-refractivity contribution is 7.89. The predicted octanol–water partition coefficient (Wildman–Crippen LogP) is 0.920. The average molecular weight is 308 g/mol. The van der Waals surface area contributed by atoms with Crippen molar-refractivity contribution in [2.75, 3.05) is 0 Å². The zero-order chi connectivity index (χ0) is 15.5. The Labute approximate surface area is 125 Å². The lowest BCUT2D eigenvalue weighted by Crippen LogP contribution is -2.24. The molecule has 0 aliphatic rings. The molecular weight excluding hydrogens is 288 g/mol. The summed E-state index contributed by atoms with van der Waals surface area (Å²) < 4.78 is 29.2. The first-order valence-corrected chi connectivity index (χ1v) is 8.23. The van der Waals surface area contributed by atoms with E-state index in [9.17, 15) is 8.42 Å². The molecule has 0 amide bonds. The number of nitrogens with zero attached hydrogens (tertiary/aromatic N) is 2. The number of hydrogen-bond acceptors (Lipinski definition) is 4. The van der Waals surface area contributed by atoms with Gasteiger partial charge in [0.05, 0.1) is 11.1 Å². The minimum absolute atomic E-state index is 0.214. The van der Waals surface area contributed by atoms with Crippen LogP contribution >= 0.6 is 0 Å². The standard InChI is InChI=1S/C14H20N4O2S/c1-3-13-5-4-11(7-15)6-14(13)21(19,20)17-9-12-8-16-18(2)10-12/h4-6,8,10,17H,3,7,9,15H2,1-2H3. The van der Waals surface area contributed by atoms with E-state index in [-0.39, 0.29) is 6.54 Å². The van der Waals surface area contributed by atoms with Crippen molar-refractivity contribution in [3.05, 3.63) is 47.3 Å². The molecule has 6 nitrogen and oxygen atoms in total. The first-order valence-electron chi connectivity index (χ1n) is 6.75. The van der Waals surface area contributed by atoms with E-state index in [1.165, 1.54) is 0 Å². The Kier molecular flexibility index (Phi) is 4.76. The van der Waals surface area contributed by atoms with Crippen LogP contribution < -0.4 is 10.5 Å². The lowest BCUT2D eigenvalue weighted by molar-refractivity contribution is 0.580. The number of rotatable bonds is 6. The largest absolute Gasteiger partial charge is 0.326 e. The molecule has 0 fully saturated rings. The number of aromatic nitrogens is 2. The fraction of sp³-hybridized carbons (Fsp3) is 0.357. The van der Waals surface area contributed by atoms with Crippen LogP contribution in [0.25, 0.3) is 0 Å². The predicted molar refractivity (Wildman–Crippen MR) is 80.9 cm³/mol. The summed E-state index contributed by atoms with van der Waals surface area (Å²) in [6.45, 7) is 2.46. The van der Waals surface area contributed by atoms with Crippen LogP contribution in [0.4, 0.5) is 0 Å². The Morgan fingerprint density at radius 2 is 2.10 bits per heavy atom. The molecule has 0 spiro atoms. The molecule has 21 heavy (non-hydrogen) atoms. The van der Waals surface area contributed by atoms with Crippen LogP contribution in [0.15, 0.2) is 35.5 Å². The molecule has 1 aromatic heterocycles. The summed E-state index contributed by atoms with van der Waals surface area (Å²) in [5, 5.41) is 4.02. The molecule has 0 aliphatic heterocycles. The van der Waals surface area contributed by atoms with E-state index in [2.05, 4.69) is 9.82 Å². The normalized spacial score (nSPS) is 11.8. The number of benzene rings is 1. The van der Waals surface area contributed by atoms with Crippen molar-refractivity contribution in [3.8, 4) is 0 Å². The minimum atomic E-state index is -3.57. The Morgan fingerprint density at radius 3 is 2.67 bits per heavy atom. The van der Waals surface area contributed by atoms with Crippen molar-refractivity contribution in [1.29, 1.82) is 0 Å². The number of sulfonamides is 1. The van der Waals surface area contributed by atoms with Gasteiger partial charge >= 0.3 is 0 Å². The van der Waals surface area contributed by atoms with Crippen LogP contribution in [-0.4, -0.2) is 18.2 Å². The van der Waals surface area contributed by atoms with Crippen LogP contribution in [0, 0.1) is 0 Å². The Morgan fingerprint density at radius 1 is 1.33 bits per heavy atom. The Balaban J connectivity index is 2.26. The fourth-order valence-electron chi connectivity index (χ4n) is 2.09. The second-order valence-corrected chi connectivity index (χ2v) is 6.58. The third-order valence-electron chi connectivity index (χ3n) is 3.26. The highest BCUT2D eigenvalue weighted by atomic mass is 32.2. The third kappa shape index (κ3) is 3.69. The topological polar surface area (TPSA) is 90.0 Å². The second kappa shape index (κ2) is 6.38. The van der Waals surface area contributed by atoms with Crippen molar-refractivity contribution in [3.63, 3.8) is 0 Å². The first-order chi connectivity index (χ1) is 9.96. The van der Waals surface area contributed by atoms with E-state index in [1.807, 2.05) is 19.1 Å². The molecule has 2 aromatic rings. The van der Waals surface area contributed by atoms with Gasteiger partial charge in [0.2, 0.25) is 10.0 Å². The Hall–Kier alpha value is -1.70. The van der Waals surface area contributed by atoms with Gasteiger partial charge in [0.25, 0.3) is 0 Å². The Bertz CT molecular complexity index is 722. The van der Waals surface area contributed by atoms with Gasteiger partial charge in [-0.1, -0.05) is 19.1 Å². The van der Waals surface area contributed by atoms with Gasteiger partial charge in [0.15, 0.2) is 0 Å². The molecule has 1 aromatic carbocycles. The molecule has 3 N–H and O–H groups in total. The lowest BCUT2D eigenvalue weighted by Gasteiger charge is -2.11. The molecular formula is C14H20N4O2S. The van der Waals surface area contributed by atoms with E-state index in [1.54, 1.807) is 30.2 Å². The molecule has 0 unspecified atom stereocenters. The highest BCUT2D eigenvalue weighted by Gasteiger charge is 2.18. The highest BCUT2D eigenvalue weighted by Crippen LogP contribution is 2.18. The van der Waals surface area contributed by atoms with Crippen LogP contribution in [0.1, 0.15) is 23.6 Å². The van der Waals surface area contributed by atoms with Crippen molar-refractivity contribution < 1.29 is 8.42 Å². The van der Waals surface area contributed by atoms with Crippen molar-refractivity contribution in [1.82, 2.24) is 14.5 Å². The summed E-state index contributed by atoms with van der Waals surface area (Å²) in [6.07, 6.45) is 4.06. The summed E-state index contributed by atoms with van der Waals surface area (Å²) in [7, 11) is -1.78. The maximum Gasteiger partial charge on any atom is 0.241 e. The van der Waals surface area contributed by atoms with Crippen molar-refractivity contribution >= 4 is 10.0 Å². The van der Waals surface area contributed by atoms with Crippen LogP contribution in [0.2, 0.25) is 0 Å². The maximum absolute atomic E-state index is 12.5. The van der Waals surface area contributed by atoms with Gasteiger partial charge in [0.1, 0.15) is 0 Å². The average Bonchev–Trinajstić information content (AvgIpc) is 2.90. The summed E-state index contributed by atoms with van der Waals surface area (Å²) >= 11 is 0. The van der Waals surface area contributed by atoms with E-state index >= 15 is 0 Å². The minimum Gasteiger partial charge on any atom is -0.326 e. The number of nitrogens with two attached hydrogens (primary N) is 1. The summed E-state index contributed by atoms with van der Waals surface area (Å²) in [5.74, 6) is 0. The number of aryl methyl sites for hydroxylation is 2. The fourth-order valence-corrected chi connectivity index (χ4v) is 3.46. The SMILES string of the molecule is CCc1ccc(CN)cc1S(=O)(=O)NCc1cnn(C)c1. The van der Waals surface area contributed by atoms with E-state index in [0.29, 0.717) is 17.9 Å². The first kappa shape index (κ1) is 15.7. The zero-order valence-electron chi connectivity index (χ0n) is 12.2. The van der Waals surface area contributed by atoms with Gasteiger partial charge < -0.3 is 5.73 Å². The third-order valence-corrected chi connectivity index (χ3v) is 4.75. The summed E-state index contributed by atoms with van der Waals surface area (Å²) in [6, 6.07) is 5.32. The lowest BCUT2D eigenvalue weighted by atomic mass is 10.1. The molecule has 0 saturated heterocycles. The zero-order valence-corrected chi connectivity index (χ0v) is 13.0. The smallest absolute Gasteiger partial charge is 0.241 e. The van der Waals surface area contributed by atoms with Crippen molar-refractivity contribution in [2.24, 2.45) is 12.8 Å². The molecule has 0 atom stereocenters. The second-order valence-electron chi connectivity index (χ2n) is 4.85. The molecule has 2 rings (SSSR count).